The summed E-state index contributed by atoms with van der Waals surface area (Å²) in [6, 6.07) is 7.13. The first-order valence-electron chi connectivity index (χ1n) is 8.76. The summed E-state index contributed by atoms with van der Waals surface area (Å²) in [5, 5.41) is 0. The van der Waals surface area contributed by atoms with Crippen molar-refractivity contribution in [1.82, 2.24) is 0 Å². The molecule has 0 unspecified atom stereocenters. The van der Waals surface area contributed by atoms with Crippen LogP contribution in [0.25, 0.3) is 11.4 Å². The molecule has 1 heterocycles. The molecule has 0 atom stereocenters. The highest BCUT2D eigenvalue weighted by atomic mass is 32.2. The Morgan fingerprint density at radius 1 is 0.875 bits per heavy atom. The second kappa shape index (κ2) is 7.67. The number of sulfone groups is 1. The van der Waals surface area contributed by atoms with Crippen LogP contribution in [-0.2, 0) is 9.84 Å². The van der Waals surface area contributed by atoms with Crippen LogP contribution in [0.5, 0.6) is 0 Å². The molecule has 0 bridgehead atoms. The monoisotopic (exact) mass is 482 g/mol. The molecule has 2 aromatic rings. The van der Waals surface area contributed by atoms with E-state index in [1.54, 1.807) is 0 Å². The summed E-state index contributed by atoms with van der Waals surface area (Å²) in [6.07, 6.45) is -11.1. The fourth-order valence-electron chi connectivity index (χ4n) is 3.42. The number of aliphatic imine (C=N–C) groups is 1. The molecular formula is C19H15F7N3O2S+. The maximum atomic E-state index is 14.2. The van der Waals surface area contributed by atoms with Crippen molar-refractivity contribution < 1.29 is 43.6 Å². The van der Waals surface area contributed by atoms with Crippen molar-refractivity contribution in [3.8, 4) is 0 Å². The van der Waals surface area contributed by atoms with Gasteiger partial charge in [-0.05, 0) is 48.5 Å². The lowest BCUT2D eigenvalue weighted by Crippen LogP contribution is -2.67. The van der Waals surface area contributed by atoms with Crippen LogP contribution < -0.4 is 5.73 Å². The normalized spacial score (nSPS) is 17.0. The second-order valence-electron chi connectivity index (χ2n) is 6.84. The summed E-state index contributed by atoms with van der Waals surface area (Å²) in [7, 11) is -3.77. The minimum absolute atomic E-state index is 0.215. The molecule has 3 rings (SSSR count). The van der Waals surface area contributed by atoms with Crippen LogP contribution in [-0.4, -0.2) is 44.1 Å². The summed E-state index contributed by atoms with van der Waals surface area (Å²) < 4.78 is 118. The Bertz CT molecular complexity index is 1180. The molecule has 1 aliphatic heterocycles. The number of amidine groups is 1. The molecule has 0 spiro atoms. The summed E-state index contributed by atoms with van der Waals surface area (Å²) >= 11 is 0. The summed E-state index contributed by atoms with van der Waals surface area (Å²) in [5.41, 5.74) is 2.44. The molecule has 2 aromatic carbocycles. The van der Waals surface area contributed by atoms with Gasteiger partial charge in [0.2, 0.25) is 5.84 Å². The average Bonchev–Trinajstić information content (AvgIpc) is 3.04. The van der Waals surface area contributed by atoms with E-state index < -0.39 is 62.1 Å². The number of nitrogens with zero attached hydrogens (tertiary/aromatic N) is 2. The van der Waals surface area contributed by atoms with E-state index in [-0.39, 0.29) is 10.5 Å². The lowest BCUT2D eigenvalue weighted by Gasteiger charge is -2.37. The van der Waals surface area contributed by atoms with Gasteiger partial charge in [-0.25, -0.2) is 12.8 Å². The molecular weight excluding hydrogens is 467 g/mol. The van der Waals surface area contributed by atoms with Gasteiger partial charge in [0, 0.05) is 17.4 Å². The first-order chi connectivity index (χ1) is 14.6. The fraction of sp³-hybridized carbons (Fsp3) is 0.211. The number of hydrogen-bond acceptors (Lipinski definition) is 4. The first-order valence-corrected chi connectivity index (χ1v) is 10.7. The number of benzene rings is 2. The highest BCUT2D eigenvalue weighted by Crippen LogP contribution is 2.55. The maximum Gasteiger partial charge on any atom is 0.579 e. The van der Waals surface area contributed by atoms with E-state index in [9.17, 15) is 39.2 Å². The largest absolute Gasteiger partial charge is 0.579 e. The number of alkyl halides is 6. The van der Waals surface area contributed by atoms with E-state index in [2.05, 4.69) is 4.99 Å². The van der Waals surface area contributed by atoms with Gasteiger partial charge in [0.1, 0.15) is 11.5 Å². The van der Waals surface area contributed by atoms with Crippen molar-refractivity contribution in [3.63, 3.8) is 0 Å². The van der Waals surface area contributed by atoms with Crippen LogP contribution in [0, 0.1) is 5.82 Å². The van der Waals surface area contributed by atoms with E-state index in [1.165, 1.54) is 0 Å². The predicted molar refractivity (Wildman–Crippen MR) is 102 cm³/mol. The standard InChI is InChI=1S/C19H15F7N3O2S/c1-32(30,31)14-8-4-12(5-9-14)17-16(11-2-6-13(20)7-3-11)28-15(10-27)29(17,18(21,22)23)19(24,25)26/h2-9H,10,27H2,1H3/q+1. The van der Waals surface area contributed by atoms with Gasteiger partial charge in [-0.3, -0.25) is 0 Å². The lowest BCUT2D eigenvalue weighted by molar-refractivity contribution is -0.990. The van der Waals surface area contributed by atoms with Crippen LogP contribution >= 0.6 is 0 Å². The van der Waals surface area contributed by atoms with Gasteiger partial charge in [0.05, 0.1) is 11.4 Å². The van der Waals surface area contributed by atoms with Crippen LogP contribution in [0.1, 0.15) is 11.1 Å². The SMILES string of the molecule is CS(=O)(=O)c1ccc(C2=C(c3ccc(F)cc3)N=C(CN)[N+]2(C(F)(F)F)C(F)(F)F)cc1. The summed E-state index contributed by atoms with van der Waals surface area (Å²) in [5.74, 6) is -2.20. The highest BCUT2D eigenvalue weighted by molar-refractivity contribution is 7.90. The van der Waals surface area contributed by atoms with E-state index in [0.29, 0.717) is 0 Å². The van der Waals surface area contributed by atoms with Crippen LogP contribution in [0.3, 0.4) is 0 Å². The van der Waals surface area contributed by atoms with Gasteiger partial charge in [-0.15, -0.1) is 26.3 Å². The van der Waals surface area contributed by atoms with Crippen LogP contribution in [0.15, 0.2) is 58.4 Å². The Kier molecular flexibility index (Phi) is 5.73. The third-order valence-corrected chi connectivity index (χ3v) is 5.93. The minimum atomic E-state index is -5.96. The molecule has 2 N–H and O–H groups in total. The average molecular weight is 482 g/mol. The van der Waals surface area contributed by atoms with E-state index in [4.69, 9.17) is 5.73 Å². The molecule has 0 amide bonds. The van der Waals surface area contributed by atoms with Gasteiger partial charge < -0.3 is 5.73 Å². The zero-order valence-corrected chi connectivity index (χ0v) is 17.0. The van der Waals surface area contributed by atoms with Crippen LogP contribution in [0.4, 0.5) is 30.7 Å². The van der Waals surface area contributed by atoms with Crippen molar-refractivity contribution in [1.29, 1.82) is 0 Å². The van der Waals surface area contributed by atoms with Gasteiger partial charge in [-0.2, -0.15) is 4.99 Å². The molecule has 0 aliphatic carbocycles. The van der Waals surface area contributed by atoms with Gasteiger partial charge >= 0.3 is 12.6 Å². The van der Waals surface area contributed by atoms with Gasteiger partial charge in [0.15, 0.2) is 15.5 Å². The Morgan fingerprint density at radius 3 is 1.75 bits per heavy atom. The molecule has 1 aliphatic rings. The molecule has 0 radical (unpaired) electrons. The van der Waals surface area contributed by atoms with Crippen molar-refractivity contribution in [2.45, 2.75) is 17.5 Å². The zero-order valence-electron chi connectivity index (χ0n) is 16.2. The molecule has 0 fully saturated rings. The summed E-state index contributed by atoms with van der Waals surface area (Å²) in [4.78, 5) is 3.28. The highest BCUT2D eigenvalue weighted by Gasteiger charge is 2.79. The molecule has 32 heavy (non-hydrogen) atoms. The molecule has 172 valence electrons. The number of halogens is 7. The Hall–Kier alpha value is -2.77. The van der Waals surface area contributed by atoms with E-state index >= 15 is 0 Å². The number of quaternary nitrogens is 1. The number of rotatable bonds is 4. The number of nitrogens with two attached hydrogens (primary N) is 1. The molecule has 0 aromatic heterocycles. The minimum Gasteiger partial charge on any atom is -0.321 e. The number of hydrogen-bond donors (Lipinski definition) is 1. The van der Waals surface area contributed by atoms with E-state index in [1.807, 2.05) is 0 Å². The third-order valence-electron chi connectivity index (χ3n) is 4.80. The second-order valence-corrected chi connectivity index (χ2v) is 8.86. The Labute approximate surface area is 177 Å². The predicted octanol–water partition coefficient (Wildman–Crippen LogP) is 4.28. The van der Waals surface area contributed by atoms with Gasteiger partial charge in [-0.1, -0.05) is 4.48 Å². The Balaban J connectivity index is 2.45. The van der Waals surface area contributed by atoms with Gasteiger partial charge in [0.25, 0.3) is 0 Å². The molecule has 13 heteroatoms. The molecule has 5 nitrogen and oxygen atoms in total. The van der Waals surface area contributed by atoms with E-state index in [0.717, 1.165) is 54.8 Å². The first kappa shape index (κ1) is 23.9. The maximum absolute atomic E-state index is 14.2. The topological polar surface area (TPSA) is 72.5 Å². The quantitative estimate of drug-likeness (QED) is 0.402. The molecule has 0 saturated heterocycles. The smallest absolute Gasteiger partial charge is 0.321 e. The molecule has 0 saturated carbocycles. The van der Waals surface area contributed by atoms with Crippen molar-refractivity contribution in [3.05, 3.63) is 65.5 Å². The van der Waals surface area contributed by atoms with Crippen molar-refractivity contribution in [2.75, 3.05) is 12.8 Å². The third kappa shape index (κ3) is 3.69. The zero-order chi connectivity index (χ0) is 24.1. The van der Waals surface area contributed by atoms with Crippen LogP contribution in [0.2, 0.25) is 0 Å². The fourth-order valence-corrected chi connectivity index (χ4v) is 4.05. The Morgan fingerprint density at radius 2 is 1.34 bits per heavy atom. The summed E-state index contributed by atoms with van der Waals surface area (Å²) in [6.45, 7) is -1.19. The lowest BCUT2D eigenvalue weighted by atomic mass is 10.0. The van der Waals surface area contributed by atoms with Crippen molar-refractivity contribution >= 4 is 27.1 Å². The van der Waals surface area contributed by atoms with Crippen molar-refractivity contribution in [2.24, 2.45) is 10.7 Å².